The van der Waals surface area contributed by atoms with Gasteiger partial charge in [0, 0.05) is 19.7 Å². The molecule has 3 rings (SSSR count). The number of aromatic nitrogens is 2. The number of piperidine rings is 1. The van der Waals surface area contributed by atoms with Crippen molar-refractivity contribution in [3.05, 3.63) is 36.0 Å². The Kier molecular flexibility index (Phi) is 6.17. The lowest BCUT2D eigenvalue weighted by molar-refractivity contribution is 0.00995. The summed E-state index contributed by atoms with van der Waals surface area (Å²) >= 11 is 0. The number of benzene rings is 1. The molecule has 0 spiro atoms. The molecule has 0 bridgehead atoms. The van der Waals surface area contributed by atoms with Crippen LogP contribution in [0.2, 0.25) is 0 Å². The molecule has 0 saturated carbocycles. The predicted molar refractivity (Wildman–Crippen MR) is 92.8 cm³/mol. The van der Waals surface area contributed by atoms with Gasteiger partial charge < -0.3 is 19.5 Å². The number of nitrogens with one attached hydrogen (secondary N) is 1. The normalized spacial score (nSPS) is 17.3. The second-order valence-corrected chi connectivity index (χ2v) is 6.23. The van der Waals surface area contributed by atoms with E-state index in [4.69, 9.17) is 9.26 Å². The van der Waals surface area contributed by atoms with Crippen LogP contribution in [0.3, 0.4) is 0 Å². The predicted octanol–water partition coefficient (Wildman–Crippen LogP) is 2.98. The van der Waals surface area contributed by atoms with Gasteiger partial charge in [0.05, 0.1) is 18.2 Å². The molecule has 1 fully saturated rings. The lowest BCUT2D eigenvalue weighted by Crippen LogP contribution is -2.47. The van der Waals surface area contributed by atoms with E-state index >= 15 is 0 Å². The standard InChI is InChI=1S/C18H23FN4O3/c1-2-10-25-13-6-5-9-23(12-13)18(24)20-11-16-21-17(22-26-16)14-7-3-4-8-15(14)19/h3-4,7-8,13H,2,5-6,9-12H2,1H3,(H,20,24). The number of hydrogen-bond acceptors (Lipinski definition) is 5. The van der Waals surface area contributed by atoms with Crippen LogP contribution < -0.4 is 5.32 Å². The Morgan fingerprint density at radius 1 is 1.46 bits per heavy atom. The Bertz CT molecular complexity index is 737. The Balaban J connectivity index is 1.53. The first-order valence-electron chi connectivity index (χ1n) is 8.89. The number of urea groups is 1. The highest BCUT2D eigenvalue weighted by Gasteiger charge is 2.24. The van der Waals surface area contributed by atoms with E-state index in [1.807, 2.05) is 0 Å². The van der Waals surface area contributed by atoms with E-state index in [1.165, 1.54) is 6.07 Å². The fraction of sp³-hybridized carbons (Fsp3) is 0.500. The van der Waals surface area contributed by atoms with Crippen molar-refractivity contribution in [3.63, 3.8) is 0 Å². The first-order chi connectivity index (χ1) is 12.7. The number of nitrogens with zero attached hydrogens (tertiary/aromatic N) is 3. The minimum Gasteiger partial charge on any atom is -0.376 e. The minimum absolute atomic E-state index is 0.0884. The number of rotatable bonds is 6. The van der Waals surface area contributed by atoms with E-state index in [2.05, 4.69) is 22.4 Å². The number of ether oxygens (including phenoxy) is 1. The Hall–Kier alpha value is -2.48. The molecule has 26 heavy (non-hydrogen) atoms. The molecule has 1 aliphatic rings. The highest BCUT2D eigenvalue weighted by Crippen LogP contribution is 2.19. The average Bonchev–Trinajstić information content (AvgIpc) is 3.14. The molecule has 1 atom stereocenters. The minimum atomic E-state index is -0.421. The van der Waals surface area contributed by atoms with Crippen molar-refractivity contribution >= 4 is 6.03 Å². The molecule has 1 N–H and O–H groups in total. The summed E-state index contributed by atoms with van der Waals surface area (Å²) in [6, 6.07) is 6.01. The van der Waals surface area contributed by atoms with Crippen molar-refractivity contribution in [1.29, 1.82) is 0 Å². The largest absolute Gasteiger partial charge is 0.376 e. The SMILES string of the molecule is CCCOC1CCCN(C(=O)NCc2nc(-c3ccccc3F)no2)C1. The molecular formula is C18H23FN4O3. The molecule has 8 heteroatoms. The summed E-state index contributed by atoms with van der Waals surface area (Å²) in [5, 5.41) is 6.54. The fourth-order valence-corrected chi connectivity index (χ4v) is 2.88. The van der Waals surface area contributed by atoms with E-state index in [-0.39, 0.29) is 36.0 Å². The molecule has 1 aromatic carbocycles. The van der Waals surface area contributed by atoms with Gasteiger partial charge in [-0.2, -0.15) is 4.98 Å². The van der Waals surface area contributed by atoms with Gasteiger partial charge in [-0.05, 0) is 31.4 Å². The molecule has 2 aromatic rings. The Labute approximate surface area is 151 Å². The van der Waals surface area contributed by atoms with E-state index in [1.54, 1.807) is 23.1 Å². The first-order valence-corrected chi connectivity index (χ1v) is 8.89. The van der Waals surface area contributed by atoms with Crippen LogP contribution in [-0.2, 0) is 11.3 Å². The maximum absolute atomic E-state index is 13.8. The van der Waals surface area contributed by atoms with Crippen LogP contribution in [0.1, 0.15) is 32.1 Å². The van der Waals surface area contributed by atoms with Crippen molar-refractivity contribution in [1.82, 2.24) is 20.4 Å². The topological polar surface area (TPSA) is 80.5 Å². The van der Waals surface area contributed by atoms with Crippen molar-refractivity contribution in [2.75, 3.05) is 19.7 Å². The van der Waals surface area contributed by atoms with Crippen molar-refractivity contribution in [2.45, 2.75) is 38.8 Å². The lowest BCUT2D eigenvalue weighted by atomic mass is 10.1. The van der Waals surface area contributed by atoms with Crippen molar-refractivity contribution in [2.24, 2.45) is 0 Å². The molecule has 2 heterocycles. The molecule has 0 radical (unpaired) electrons. The molecule has 1 unspecified atom stereocenters. The van der Waals surface area contributed by atoms with Gasteiger partial charge in [-0.25, -0.2) is 9.18 Å². The van der Waals surface area contributed by atoms with E-state index in [0.29, 0.717) is 19.7 Å². The second kappa shape index (κ2) is 8.75. The maximum Gasteiger partial charge on any atom is 0.317 e. The zero-order valence-corrected chi connectivity index (χ0v) is 14.8. The van der Waals surface area contributed by atoms with Crippen LogP contribution in [0, 0.1) is 5.82 Å². The van der Waals surface area contributed by atoms with Gasteiger partial charge in [0.1, 0.15) is 5.82 Å². The second-order valence-electron chi connectivity index (χ2n) is 6.23. The molecule has 7 nitrogen and oxygen atoms in total. The zero-order valence-electron chi connectivity index (χ0n) is 14.8. The number of carbonyl (C=O) groups excluding carboxylic acids is 1. The van der Waals surface area contributed by atoms with Crippen LogP contribution in [0.4, 0.5) is 9.18 Å². The molecule has 1 aromatic heterocycles. The number of hydrogen-bond donors (Lipinski definition) is 1. The van der Waals surface area contributed by atoms with Gasteiger partial charge in [-0.15, -0.1) is 0 Å². The summed E-state index contributed by atoms with van der Waals surface area (Å²) in [6.45, 7) is 4.14. The quantitative estimate of drug-likeness (QED) is 0.854. The van der Waals surface area contributed by atoms with Gasteiger partial charge in [0.25, 0.3) is 0 Å². The number of amides is 2. The molecule has 1 aliphatic heterocycles. The molecule has 0 aliphatic carbocycles. The summed E-state index contributed by atoms with van der Waals surface area (Å²) in [5.41, 5.74) is 0.265. The average molecular weight is 362 g/mol. The van der Waals surface area contributed by atoms with E-state index in [9.17, 15) is 9.18 Å². The Morgan fingerprint density at radius 2 is 2.31 bits per heavy atom. The van der Waals surface area contributed by atoms with E-state index in [0.717, 1.165) is 19.3 Å². The summed E-state index contributed by atoms with van der Waals surface area (Å²) in [6.07, 6.45) is 2.94. The summed E-state index contributed by atoms with van der Waals surface area (Å²) < 4.78 is 24.6. The highest BCUT2D eigenvalue weighted by molar-refractivity contribution is 5.74. The molecule has 1 saturated heterocycles. The van der Waals surface area contributed by atoms with Crippen LogP contribution >= 0.6 is 0 Å². The number of likely N-dealkylation sites (tertiary alicyclic amines) is 1. The monoisotopic (exact) mass is 362 g/mol. The van der Waals surface area contributed by atoms with Crippen LogP contribution in [-0.4, -0.2) is 46.9 Å². The zero-order chi connectivity index (χ0) is 18.4. The van der Waals surface area contributed by atoms with E-state index < -0.39 is 5.82 Å². The van der Waals surface area contributed by atoms with Gasteiger partial charge in [0.15, 0.2) is 0 Å². The maximum atomic E-state index is 13.8. The third-order valence-corrected chi connectivity index (χ3v) is 4.20. The van der Waals surface area contributed by atoms with Crippen molar-refractivity contribution in [3.8, 4) is 11.4 Å². The van der Waals surface area contributed by atoms with Gasteiger partial charge in [0.2, 0.25) is 11.7 Å². The van der Waals surface area contributed by atoms with Crippen LogP contribution in [0.5, 0.6) is 0 Å². The third kappa shape index (κ3) is 4.57. The summed E-state index contributed by atoms with van der Waals surface area (Å²) in [5.74, 6) is -0.0268. The van der Waals surface area contributed by atoms with Gasteiger partial charge in [-0.3, -0.25) is 0 Å². The highest BCUT2D eigenvalue weighted by atomic mass is 19.1. The third-order valence-electron chi connectivity index (χ3n) is 4.20. The Morgan fingerprint density at radius 3 is 3.12 bits per heavy atom. The van der Waals surface area contributed by atoms with Crippen LogP contribution in [0.15, 0.2) is 28.8 Å². The lowest BCUT2D eigenvalue weighted by Gasteiger charge is -2.32. The summed E-state index contributed by atoms with van der Waals surface area (Å²) in [7, 11) is 0. The number of halogens is 1. The summed E-state index contributed by atoms with van der Waals surface area (Å²) in [4.78, 5) is 18.2. The fourth-order valence-electron chi connectivity index (χ4n) is 2.88. The van der Waals surface area contributed by atoms with Gasteiger partial charge in [-0.1, -0.05) is 24.2 Å². The smallest absolute Gasteiger partial charge is 0.317 e. The number of carbonyl (C=O) groups is 1. The van der Waals surface area contributed by atoms with Gasteiger partial charge >= 0.3 is 6.03 Å². The molecular weight excluding hydrogens is 339 g/mol. The van der Waals surface area contributed by atoms with Crippen LogP contribution in [0.25, 0.3) is 11.4 Å². The van der Waals surface area contributed by atoms with Crippen molar-refractivity contribution < 1.29 is 18.4 Å². The molecule has 2 amide bonds. The first kappa shape index (κ1) is 18.3. The molecule has 140 valence electrons.